The molecule has 0 saturated heterocycles. The van der Waals surface area contributed by atoms with E-state index in [1.807, 2.05) is 34.9 Å². The molecule has 2 heterocycles. The van der Waals surface area contributed by atoms with Gasteiger partial charge in [-0.1, -0.05) is 42.1 Å². The van der Waals surface area contributed by atoms with Crippen molar-refractivity contribution in [3.63, 3.8) is 0 Å². The smallest absolute Gasteiger partial charge is 0.416 e. The molecule has 0 aliphatic carbocycles. The molecule has 186 valence electrons. The van der Waals surface area contributed by atoms with Crippen LogP contribution in [0, 0.1) is 0 Å². The summed E-state index contributed by atoms with van der Waals surface area (Å²) in [5, 5.41) is 2.74. The number of halogens is 3. The van der Waals surface area contributed by atoms with E-state index in [9.17, 15) is 18.0 Å². The van der Waals surface area contributed by atoms with Gasteiger partial charge < -0.3 is 19.4 Å². The molecule has 1 amide bonds. The molecule has 0 unspecified atom stereocenters. The summed E-state index contributed by atoms with van der Waals surface area (Å²) in [5.41, 5.74) is 1.55. The second kappa shape index (κ2) is 9.77. The number of imidazole rings is 1. The van der Waals surface area contributed by atoms with E-state index in [1.54, 1.807) is 25.1 Å². The van der Waals surface area contributed by atoms with Crippen molar-refractivity contribution in [2.45, 2.75) is 30.1 Å². The molecule has 3 aromatic carbocycles. The fourth-order valence-electron chi connectivity index (χ4n) is 3.87. The molecule has 0 fully saturated rings. The van der Waals surface area contributed by atoms with Gasteiger partial charge in [-0.2, -0.15) is 13.2 Å². The number of nitrogens with zero attached hydrogens (tertiary/aromatic N) is 2. The topological polar surface area (TPSA) is 65.4 Å². The van der Waals surface area contributed by atoms with Gasteiger partial charge in [-0.05, 0) is 42.8 Å². The van der Waals surface area contributed by atoms with Crippen molar-refractivity contribution in [1.29, 1.82) is 0 Å². The summed E-state index contributed by atoms with van der Waals surface area (Å²) >= 11 is 1.19. The van der Waals surface area contributed by atoms with Crippen LogP contribution in [0.15, 0.2) is 71.9 Å². The van der Waals surface area contributed by atoms with Gasteiger partial charge in [0.1, 0.15) is 13.2 Å². The molecule has 1 atom stereocenters. The van der Waals surface area contributed by atoms with Gasteiger partial charge in [0.25, 0.3) is 0 Å². The number of nitrogens with one attached hydrogen (secondary N) is 1. The van der Waals surface area contributed by atoms with E-state index in [1.165, 1.54) is 17.8 Å². The number of hydrogen-bond donors (Lipinski definition) is 1. The quantitative estimate of drug-likeness (QED) is 0.321. The van der Waals surface area contributed by atoms with Crippen molar-refractivity contribution >= 4 is 34.4 Å². The number of anilines is 1. The Kier molecular flexibility index (Phi) is 6.53. The summed E-state index contributed by atoms with van der Waals surface area (Å²) in [7, 11) is 0. The maximum Gasteiger partial charge on any atom is 0.416 e. The van der Waals surface area contributed by atoms with Crippen LogP contribution in [0.25, 0.3) is 11.0 Å². The molecule has 1 aliphatic heterocycles. The van der Waals surface area contributed by atoms with Crippen LogP contribution < -0.4 is 14.8 Å². The Hall–Kier alpha value is -3.66. The van der Waals surface area contributed by atoms with Gasteiger partial charge in [0.15, 0.2) is 16.7 Å². The fraction of sp³-hybridized carbons (Fsp3) is 0.231. The number of alkyl halides is 3. The largest absolute Gasteiger partial charge is 0.486 e. The van der Waals surface area contributed by atoms with Gasteiger partial charge in [-0.3, -0.25) is 4.79 Å². The first-order chi connectivity index (χ1) is 17.3. The van der Waals surface area contributed by atoms with E-state index in [0.717, 1.165) is 17.7 Å². The van der Waals surface area contributed by atoms with E-state index >= 15 is 0 Å². The Morgan fingerprint density at radius 1 is 1.06 bits per heavy atom. The molecule has 1 aliphatic rings. The van der Waals surface area contributed by atoms with Crippen LogP contribution in [0.5, 0.6) is 11.5 Å². The molecule has 10 heteroatoms. The molecule has 5 rings (SSSR count). The molecule has 36 heavy (non-hydrogen) atoms. The molecule has 1 aromatic heterocycles. The number of benzene rings is 3. The molecular formula is C26H22F3N3O3S. The third-order valence-electron chi connectivity index (χ3n) is 5.69. The minimum atomic E-state index is -4.47. The van der Waals surface area contributed by atoms with E-state index in [4.69, 9.17) is 9.47 Å². The van der Waals surface area contributed by atoms with E-state index < -0.39 is 17.0 Å². The zero-order valence-corrected chi connectivity index (χ0v) is 20.0. The number of amides is 1. The number of rotatable bonds is 6. The first-order valence-electron chi connectivity index (χ1n) is 11.3. The summed E-state index contributed by atoms with van der Waals surface area (Å²) in [4.78, 5) is 17.4. The lowest BCUT2D eigenvalue weighted by molar-refractivity contribution is -0.137. The van der Waals surface area contributed by atoms with Gasteiger partial charge in [0.2, 0.25) is 5.91 Å². The average molecular weight is 514 g/mol. The van der Waals surface area contributed by atoms with Crippen molar-refractivity contribution < 1.29 is 27.4 Å². The van der Waals surface area contributed by atoms with E-state index in [-0.39, 0.29) is 11.4 Å². The Morgan fingerprint density at radius 3 is 2.56 bits per heavy atom. The Bertz CT molecular complexity index is 1410. The minimum Gasteiger partial charge on any atom is -0.486 e. The number of hydrogen-bond acceptors (Lipinski definition) is 5. The highest BCUT2D eigenvalue weighted by Crippen LogP contribution is 2.35. The zero-order valence-electron chi connectivity index (χ0n) is 19.2. The molecular weight excluding hydrogens is 491 g/mol. The lowest BCUT2D eigenvalue weighted by Crippen LogP contribution is -2.23. The summed E-state index contributed by atoms with van der Waals surface area (Å²) in [6.07, 6.45) is -4.47. The van der Waals surface area contributed by atoms with Crippen LogP contribution in [0.1, 0.15) is 18.1 Å². The maximum atomic E-state index is 13.3. The highest BCUT2D eigenvalue weighted by Gasteiger charge is 2.31. The first-order valence-corrected chi connectivity index (χ1v) is 12.1. The van der Waals surface area contributed by atoms with Gasteiger partial charge in [-0.15, -0.1) is 0 Å². The van der Waals surface area contributed by atoms with Crippen LogP contribution in [-0.2, 0) is 17.5 Å². The van der Waals surface area contributed by atoms with Crippen LogP contribution in [-0.4, -0.2) is 33.9 Å². The zero-order chi connectivity index (χ0) is 25.3. The molecule has 4 aromatic rings. The Morgan fingerprint density at radius 2 is 1.81 bits per heavy atom. The Labute approximate surface area is 209 Å². The fourth-order valence-corrected chi connectivity index (χ4v) is 4.79. The molecule has 0 radical (unpaired) electrons. The van der Waals surface area contributed by atoms with Gasteiger partial charge in [0, 0.05) is 11.8 Å². The minimum absolute atomic E-state index is 0.225. The Balaban J connectivity index is 1.41. The van der Waals surface area contributed by atoms with Gasteiger partial charge in [-0.25, -0.2) is 4.98 Å². The van der Waals surface area contributed by atoms with E-state index in [2.05, 4.69) is 10.3 Å². The molecule has 1 N–H and O–H groups in total. The monoisotopic (exact) mass is 513 g/mol. The number of carbonyl (C=O) groups is 1. The van der Waals surface area contributed by atoms with Gasteiger partial charge in [0.05, 0.1) is 28.4 Å². The number of aromatic nitrogens is 2. The van der Waals surface area contributed by atoms with Crippen LogP contribution in [0.3, 0.4) is 0 Å². The number of fused-ring (bicyclic) bond motifs is 2. The van der Waals surface area contributed by atoms with Crippen molar-refractivity contribution in [2.24, 2.45) is 0 Å². The van der Waals surface area contributed by atoms with Crippen molar-refractivity contribution in [2.75, 3.05) is 18.5 Å². The molecule has 0 bridgehead atoms. The molecule has 0 saturated carbocycles. The lowest BCUT2D eigenvalue weighted by Gasteiger charge is -2.19. The highest BCUT2D eigenvalue weighted by molar-refractivity contribution is 8.00. The summed E-state index contributed by atoms with van der Waals surface area (Å²) < 4.78 is 52.8. The van der Waals surface area contributed by atoms with Crippen LogP contribution >= 0.6 is 11.8 Å². The predicted octanol–water partition coefficient (Wildman–Crippen LogP) is 5.99. The predicted molar refractivity (Wildman–Crippen MR) is 132 cm³/mol. The van der Waals surface area contributed by atoms with Gasteiger partial charge >= 0.3 is 6.18 Å². The standard InChI is InChI=1S/C26H22F3N3O3S/c1-16(24(33)30-19-8-10-22-23(14-19)35-12-11-34-22)36-25-31-20-13-18(26(27,28)29)7-9-21(20)32(25)15-17-5-3-2-4-6-17/h2-10,13-14,16H,11-12,15H2,1H3,(H,30,33)/t16-/m0/s1. The normalized spacial score (nSPS) is 14.0. The lowest BCUT2D eigenvalue weighted by atomic mass is 10.2. The number of ether oxygens (including phenoxy) is 2. The molecule has 0 spiro atoms. The van der Waals surface area contributed by atoms with E-state index in [0.29, 0.717) is 47.6 Å². The highest BCUT2D eigenvalue weighted by atomic mass is 32.2. The van der Waals surface area contributed by atoms with Crippen LogP contribution in [0.2, 0.25) is 0 Å². The first kappa shape index (κ1) is 24.1. The maximum absolute atomic E-state index is 13.3. The third kappa shape index (κ3) is 5.13. The second-order valence-electron chi connectivity index (χ2n) is 8.28. The SMILES string of the molecule is C[C@H](Sc1nc2cc(C(F)(F)F)ccc2n1Cc1ccccc1)C(=O)Nc1ccc2c(c1)OCCO2. The van der Waals surface area contributed by atoms with Crippen molar-refractivity contribution in [1.82, 2.24) is 9.55 Å². The summed E-state index contributed by atoms with van der Waals surface area (Å²) in [6.45, 7) is 3.04. The number of thioether (sulfide) groups is 1. The van der Waals surface area contributed by atoms with Crippen LogP contribution in [0.4, 0.5) is 18.9 Å². The average Bonchev–Trinajstić information content (AvgIpc) is 3.20. The summed E-state index contributed by atoms with van der Waals surface area (Å²) in [6, 6.07) is 18.2. The summed E-state index contributed by atoms with van der Waals surface area (Å²) in [5.74, 6) is 0.907. The van der Waals surface area contributed by atoms with Crippen molar-refractivity contribution in [3.8, 4) is 11.5 Å². The number of carbonyl (C=O) groups excluding carboxylic acids is 1. The second-order valence-corrected chi connectivity index (χ2v) is 9.58. The molecule has 6 nitrogen and oxygen atoms in total. The third-order valence-corrected chi connectivity index (χ3v) is 6.78. The van der Waals surface area contributed by atoms with Crippen molar-refractivity contribution in [3.05, 3.63) is 77.9 Å².